The van der Waals surface area contributed by atoms with Crippen LogP contribution in [-0.2, 0) is 15.1 Å². The third-order valence-corrected chi connectivity index (χ3v) is 4.88. The van der Waals surface area contributed by atoms with E-state index in [1.165, 1.54) is 18.2 Å². The summed E-state index contributed by atoms with van der Waals surface area (Å²) in [5.74, 6) is -1.44. The predicted octanol–water partition coefficient (Wildman–Crippen LogP) is 3.35. The standard InChI is InChI=1S/C21H22FN3O3/c1-13(2)14-8-10-15(11-9-14)21(3)19(27)25(20(28)24-21)12-18(26)23-17-7-5-4-6-16(17)22/h4-11,13H,12H2,1-3H3,(H,23,26)(H,24,28)/t21-/m0/s1. The van der Waals surface area contributed by atoms with Gasteiger partial charge in [0.25, 0.3) is 5.91 Å². The second kappa shape index (κ2) is 7.42. The van der Waals surface area contributed by atoms with E-state index in [0.29, 0.717) is 11.5 Å². The van der Waals surface area contributed by atoms with Crippen LogP contribution < -0.4 is 10.6 Å². The van der Waals surface area contributed by atoms with Gasteiger partial charge in [0.2, 0.25) is 5.91 Å². The van der Waals surface area contributed by atoms with Gasteiger partial charge in [0.1, 0.15) is 17.9 Å². The number of para-hydroxylation sites is 1. The van der Waals surface area contributed by atoms with Crippen LogP contribution in [0, 0.1) is 5.82 Å². The molecule has 6 nitrogen and oxygen atoms in total. The Morgan fingerprint density at radius 2 is 1.79 bits per heavy atom. The molecule has 2 N–H and O–H groups in total. The third-order valence-electron chi connectivity index (χ3n) is 4.88. The van der Waals surface area contributed by atoms with Crippen LogP contribution in [0.15, 0.2) is 48.5 Å². The minimum atomic E-state index is -1.26. The van der Waals surface area contributed by atoms with Crippen molar-refractivity contribution in [2.24, 2.45) is 0 Å². The smallest absolute Gasteiger partial charge is 0.322 e. The van der Waals surface area contributed by atoms with Gasteiger partial charge in [0.15, 0.2) is 0 Å². The number of nitrogens with zero attached hydrogens (tertiary/aromatic N) is 1. The van der Waals surface area contributed by atoms with Crippen molar-refractivity contribution < 1.29 is 18.8 Å². The van der Waals surface area contributed by atoms with Crippen LogP contribution in [0.1, 0.15) is 37.8 Å². The minimum absolute atomic E-state index is 0.00779. The Labute approximate surface area is 162 Å². The molecule has 2 aromatic rings. The quantitative estimate of drug-likeness (QED) is 0.777. The molecular weight excluding hydrogens is 361 g/mol. The number of hydrogen-bond acceptors (Lipinski definition) is 3. The van der Waals surface area contributed by atoms with Gasteiger partial charge < -0.3 is 10.6 Å². The maximum Gasteiger partial charge on any atom is 0.325 e. The fourth-order valence-electron chi connectivity index (χ4n) is 3.13. The van der Waals surface area contributed by atoms with Gasteiger partial charge in [-0.05, 0) is 36.1 Å². The first-order chi connectivity index (χ1) is 13.2. The van der Waals surface area contributed by atoms with Crippen LogP contribution in [0.2, 0.25) is 0 Å². The number of nitrogens with one attached hydrogen (secondary N) is 2. The van der Waals surface area contributed by atoms with E-state index in [1.807, 2.05) is 12.1 Å². The van der Waals surface area contributed by atoms with Gasteiger partial charge in [-0.25, -0.2) is 9.18 Å². The van der Waals surface area contributed by atoms with Crippen LogP contribution in [0.3, 0.4) is 0 Å². The fourth-order valence-corrected chi connectivity index (χ4v) is 3.13. The predicted molar refractivity (Wildman–Crippen MR) is 103 cm³/mol. The van der Waals surface area contributed by atoms with Gasteiger partial charge >= 0.3 is 6.03 Å². The molecule has 4 amide bonds. The first-order valence-electron chi connectivity index (χ1n) is 9.01. The van der Waals surface area contributed by atoms with Gasteiger partial charge in [-0.3, -0.25) is 14.5 Å². The molecule has 1 saturated heterocycles. The van der Waals surface area contributed by atoms with Gasteiger partial charge in [-0.15, -0.1) is 0 Å². The van der Waals surface area contributed by atoms with E-state index in [-0.39, 0.29) is 5.69 Å². The summed E-state index contributed by atoms with van der Waals surface area (Å²) < 4.78 is 13.7. The summed E-state index contributed by atoms with van der Waals surface area (Å²) in [7, 11) is 0. The summed E-state index contributed by atoms with van der Waals surface area (Å²) in [6.45, 7) is 5.23. The number of urea groups is 1. The van der Waals surface area contributed by atoms with Crippen LogP contribution in [0.4, 0.5) is 14.9 Å². The van der Waals surface area contributed by atoms with Crippen LogP contribution in [-0.4, -0.2) is 29.3 Å². The Kier molecular flexibility index (Phi) is 5.18. The highest BCUT2D eigenvalue weighted by Crippen LogP contribution is 2.30. The van der Waals surface area contributed by atoms with Crippen molar-refractivity contribution in [1.82, 2.24) is 10.2 Å². The molecule has 1 heterocycles. The highest BCUT2D eigenvalue weighted by Gasteiger charge is 2.49. The maximum absolute atomic E-state index is 13.7. The summed E-state index contributed by atoms with van der Waals surface area (Å²) >= 11 is 0. The Hall–Kier alpha value is -3.22. The first-order valence-corrected chi connectivity index (χ1v) is 9.01. The van der Waals surface area contributed by atoms with Crippen LogP contribution in [0.25, 0.3) is 0 Å². The molecule has 1 aliphatic heterocycles. The number of imide groups is 1. The van der Waals surface area contributed by atoms with Crippen molar-refractivity contribution in [2.45, 2.75) is 32.2 Å². The molecule has 1 atom stereocenters. The third kappa shape index (κ3) is 3.60. The number of amides is 4. The summed E-state index contributed by atoms with van der Waals surface area (Å²) in [4.78, 5) is 38.3. The number of carbonyl (C=O) groups is 3. The second-order valence-electron chi connectivity index (χ2n) is 7.25. The Balaban J connectivity index is 1.75. The molecule has 0 radical (unpaired) electrons. The fraction of sp³-hybridized carbons (Fsp3) is 0.286. The molecule has 0 unspecified atom stereocenters. The largest absolute Gasteiger partial charge is 0.325 e. The summed E-state index contributed by atoms with van der Waals surface area (Å²) in [5.41, 5.74) is 0.481. The second-order valence-corrected chi connectivity index (χ2v) is 7.25. The van der Waals surface area contributed by atoms with E-state index in [4.69, 9.17) is 0 Å². The molecule has 1 fully saturated rings. The molecule has 7 heteroatoms. The lowest BCUT2D eigenvalue weighted by Gasteiger charge is -2.22. The maximum atomic E-state index is 13.7. The van der Waals surface area contributed by atoms with Crippen molar-refractivity contribution >= 4 is 23.5 Å². The normalized spacial score (nSPS) is 19.1. The van der Waals surface area contributed by atoms with Crippen molar-refractivity contribution in [3.8, 4) is 0 Å². The highest BCUT2D eigenvalue weighted by atomic mass is 19.1. The van der Waals surface area contributed by atoms with Gasteiger partial charge in [0.05, 0.1) is 5.69 Å². The summed E-state index contributed by atoms with van der Waals surface area (Å²) in [6.07, 6.45) is 0. The van der Waals surface area contributed by atoms with E-state index in [0.717, 1.165) is 10.5 Å². The van der Waals surface area contributed by atoms with Gasteiger partial charge in [-0.1, -0.05) is 50.2 Å². The molecular formula is C21H22FN3O3. The average molecular weight is 383 g/mol. The SMILES string of the molecule is CC(C)c1ccc([C@]2(C)NC(=O)N(CC(=O)Nc3ccccc3F)C2=O)cc1. The van der Waals surface area contributed by atoms with Crippen molar-refractivity contribution in [3.05, 3.63) is 65.5 Å². The Morgan fingerprint density at radius 1 is 1.14 bits per heavy atom. The molecule has 0 saturated carbocycles. The van der Waals surface area contributed by atoms with E-state index in [2.05, 4.69) is 24.5 Å². The lowest BCUT2D eigenvalue weighted by Crippen LogP contribution is -2.42. The molecule has 0 bridgehead atoms. The molecule has 0 aliphatic carbocycles. The van der Waals surface area contributed by atoms with Crippen molar-refractivity contribution in [2.75, 3.05) is 11.9 Å². The number of carbonyl (C=O) groups excluding carboxylic acids is 3. The van der Waals surface area contributed by atoms with Crippen molar-refractivity contribution in [1.29, 1.82) is 0 Å². The van der Waals surface area contributed by atoms with Gasteiger partial charge in [0, 0.05) is 0 Å². The Morgan fingerprint density at radius 3 is 2.39 bits per heavy atom. The minimum Gasteiger partial charge on any atom is -0.322 e. The first kappa shape index (κ1) is 19.5. The van der Waals surface area contributed by atoms with Crippen LogP contribution >= 0.6 is 0 Å². The van der Waals surface area contributed by atoms with Crippen LogP contribution in [0.5, 0.6) is 0 Å². The number of anilines is 1. The number of benzene rings is 2. The zero-order valence-corrected chi connectivity index (χ0v) is 16.0. The summed E-state index contributed by atoms with van der Waals surface area (Å²) in [6, 6.07) is 12.5. The molecule has 0 aromatic heterocycles. The lowest BCUT2D eigenvalue weighted by atomic mass is 9.90. The molecule has 146 valence electrons. The Bertz CT molecular complexity index is 927. The molecule has 3 rings (SSSR count). The van der Waals surface area contributed by atoms with Gasteiger partial charge in [-0.2, -0.15) is 0 Å². The number of hydrogen-bond donors (Lipinski definition) is 2. The van der Waals surface area contributed by atoms with Crippen molar-refractivity contribution in [3.63, 3.8) is 0 Å². The van der Waals surface area contributed by atoms with E-state index in [9.17, 15) is 18.8 Å². The van der Waals surface area contributed by atoms with E-state index in [1.54, 1.807) is 25.1 Å². The molecule has 28 heavy (non-hydrogen) atoms. The van der Waals surface area contributed by atoms with E-state index >= 15 is 0 Å². The monoisotopic (exact) mass is 383 g/mol. The molecule has 1 aliphatic rings. The zero-order valence-electron chi connectivity index (χ0n) is 16.0. The topological polar surface area (TPSA) is 78.5 Å². The summed E-state index contributed by atoms with van der Waals surface area (Å²) in [5, 5.41) is 5.04. The number of halogens is 1. The molecule has 2 aromatic carbocycles. The number of rotatable bonds is 5. The lowest BCUT2D eigenvalue weighted by molar-refractivity contribution is -0.133. The molecule has 0 spiro atoms. The average Bonchev–Trinajstić information content (AvgIpc) is 2.88. The van der Waals surface area contributed by atoms with E-state index < -0.39 is 35.7 Å². The zero-order chi connectivity index (χ0) is 20.5. The highest BCUT2D eigenvalue weighted by molar-refractivity contribution is 6.10.